The highest BCUT2D eigenvalue weighted by Gasteiger charge is 2.16. The topological polar surface area (TPSA) is 69.7 Å². The molecule has 4 rings (SSSR count). The van der Waals surface area contributed by atoms with Crippen LogP contribution in [0.1, 0.15) is 16.1 Å². The molecule has 0 aliphatic rings. The van der Waals surface area contributed by atoms with Crippen LogP contribution in [-0.4, -0.2) is 5.97 Å². The zero-order valence-corrected chi connectivity index (χ0v) is 14.9. The summed E-state index contributed by atoms with van der Waals surface area (Å²) in [6.45, 7) is 1.82. The average Bonchev–Trinajstić information content (AvgIpc) is 3.19. The highest BCUT2D eigenvalue weighted by Crippen LogP contribution is 2.30. The van der Waals surface area contributed by atoms with Crippen molar-refractivity contribution in [2.45, 2.75) is 6.92 Å². The Kier molecular flexibility index (Phi) is 4.30. The Balaban J connectivity index is 1.79. The molecule has 5 nitrogen and oxygen atoms in total. The summed E-state index contributed by atoms with van der Waals surface area (Å²) in [4.78, 5) is 24.5. The van der Waals surface area contributed by atoms with Crippen molar-refractivity contribution < 1.29 is 18.4 Å². The van der Waals surface area contributed by atoms with E-state index in [9.17, 15) is 9.59 Å². The molecule has 0 fully saturated rings. The fourth-order valence-corrected chi connectivity index (χ4v) is 3.02. The normalized spacial score (nSPS) is 10.9. The van der Waals surface area contributed by atoms with Gasteiger partial charge in [-0.25, -0.2) is 9.59 Å². The lowest BCUT2D eigenvalue weighted by Gasteiger charge is -2.09. The Hall–Kier alpha value is -3.31. The van der Waals surface area contributed by atoms with E-state index >= 15 is 0 Å². The van der Waals surface area contributed by atoms with Crippen molar-refractivity contribution in [1.82, 2.24) is 0 Å². The van der Waals surface area contributed by atoms with Gasteiger partial charge in [-0.2, -0.15) is 0 Å². The van der Waals surface area contributed by atoms with Crippen LogP contribution in [0.3, 0.4) is 0 Å². The zero-order chi connectivity index (χ0) is 19.0. The van der Waals surface area contributed by atoms with Crippen LogP contribution in [0.2, 0.25) is 5.02 Å². The zero-order valence-electron chi connectivity index (χ0n) is 14.2. The Morgan fingerprint density at radius 3 is 2.56 bits per heavy atom. The maximum atomic E-state index is 12.5. The summed E-state index contributed by atoms with van der Waals surface area (Å²) < 4.78 is 15.8. The lowest BCUT2D eigenvalue weighted by Crippen LogP contribution is -2.08. The smallest absolute Gasteiger partial charge is 0.379 e. The number of hydrogen-bond donors (Lipinski definition) is 0. The third-order valence-corrected chi connectivity index (χ3v) is 4.45. The largest absolute Gasteiger partial charge is 0.457 e. The molecular weight excluding hydrogens is 368 g/mol. The molecular formula is C21H13ClO5. The van der Waals surface area contributed by atoms with Crippen molar-refractivity contribution >= 4 is 28.5 Å². The van der Waals surface area contributed by atoms with Crippen molar-refractivity contribution in [3.8, 4) is 16.9 Å². The van der Waals surface area contributed by atoms with Gasteiger partial charge in [-0.05, 0) is 60.5 Å². The monoisotopic (exact) mass is 380 g/mol. The van der Waals surface area contributed by atoms with Crippen molar-refractivity contribution in [2.75, 3.05) is 0 Å². The standard InChI is InChI=1S/C21H13ClO5/c1-12-16-11-15(26-20(23)18-3-2-10-25-18)8-9-17(16)27-21(24)19(12)13-4-6-14(22)7-5-13/h2-11H,1H3. The molecule has 0 saturated carbocycles. The van der Waals surface area contributed by atoms with Gasteiger partial charge in [-0.1, -0.05) is 23.7 Å². The molecule has 2 aromatic carbocycles. The van der Waals surface area contributed by atoms with Crippen LogP contribution in [0.15, 0.2) is 74.5 Å². The summed E-state index contributed by atoms with van der Waals surface area (Å²) >= 11 is 5.93. The number of rotatable bonds is 3. The summed E-state index contributed by atoms with van der Waals surface area (Å²) in [5.74, 6) is -0.177. The molecule has 4 aromatic rings. The Morgan fingerprint density at radius 2 is 1.85 bits per heavy atom. The van der Waals surface area contributed by atoms with Crippen LogP contribution in [-0.2, 0) is 0 Å². The first-order valence-electron chi connectivity index (χ1n) is 8.12. The summed E-state index contributed by atoms with van der Waals surface area (Å²) in [5.41, 5.74) is 1.83. The molecule has 2 heterocycles. The number of benzene rings is 2. The third kappa shape index (κ3) is 3.25. The van der Waals surface area contributed by atoms with Crippen LogP contribution in [0, 0.1) is 6.92 Å². The fourth-order valence-electron chi connectivity index (χ4n) is 2.90. The van der Waals surface area contributed by atoms with Crippen LogP contribution in [0.5, 0.6) is 5.75 Å². The molecule has 0 saturated heterocycles. The maximum absolute atomic E-state index is 12.5. The number of furan rings is 1. The second-order valence-electron chi connectivity index (χ2n) is 5.92. The second kappa shape index (κ2) is 6.78. The highest BCUT2D eigenvalue weighted by atomic mass is 35.5. The molecule has 0 aliphatic carbocycles. The molecule has 0 radical (unpaired) electrons. The quantitative estimate of drug-likeness (QED) is 0.276. The Morgan fingerprint density at radius 1 is 1.07 bits per heavy atom. The number of fused-ring (bicyclic) bond motifs is 1. The predicted octanol–water partition coefficient (Wildman–Crippen LogP) is 5.23. The van der Waals surface area contributed by atoms with Gasteiger partial charge in [-0.15, -0.1) is 0 Å². The second-order valence-corrected chi connectivity index (χ2v) is 6.36. The van der Waals surface area contributed by atoms with E-state index in [1.54, 1.807) is 48.5 Å². The van der Waals surface area contributed by atoms with Gasteiger partial charge in [0.2, 0.25) is 5.76 Å². The van der Waals surface area contributed by atoms with E-state index in [4.69, 9.17) is 25.2 Å². The lowest BCUT2D eigenvalue weighted by molar-refractivity contribution is 0.0701. The molecule has 0 bridgehead atoms. The minimum atomic E-state index is -0.604. The van der Waals surface area contributed by atoms with E-state index < -0.39 is 11.6 Å². The van der Waals surface area contributed by atoms with Crippen LogP contribution in [0.25, 0.3) is 22.1 Å². The van der Waals surface area contributed by atoms with Crippen LogP contribution in [0.4, 0.5) is 0 Å². The van der Waals surface area contributed by atoms with E-state index in [1.807, 2.05) is 6.92 Å². The molecule has 27 heavy (non-hydrogen) atoms. The molecule has 0 unspecified atom stereocenters. The molecule has 6 heteroatoms. The van der Waals surface area contributed by atoms with E-state index in [0.717, 1.165) is 5.56 Å². The van der Waals surface area contributed by atoms with Crippen molar-refractivity contribution in [3.05, 3.63) is 87.6 Å². The van der Waals surface area contributed by atoms with Gasteiger partial charge in [0.05, 0.1) is 11.8 Å². The van der Waals surface area contributed by atoms with E-state index in [2.05, 4.69) is 0 Å². The molecule has 0 aliphatic heterocycles. The summed E-state index contributed by atoms with van der Waals surface area (Å²) in [6, 6.07) is 14.9. The van der Waals surface area contributed by atoms with Gasteiger partial charge >= 0.3 is 11.6 Å². The minimum Gasteiger partial charge on any atom is -0.457 e. The summed E-state index contributed by atoms with van der Waals surface area (Å²) in [7, 11) is 0. The Labute approximate surface area is 158 Å². The van der Waals surface area contributed by atoms with Gasteiger partial charge < -0.3 is 13.6 Å². The fraction of sp³-hybridized carbons (Fsp3) is 0.0476. The molecule has 2 aromatic heterocycles. The number of ether oxygens (including phenoxy) is 1. The van der Waals surface area contributed by atoms with Gasteiger partial charge in [-0.3, -0.25) is 0 Å². The highest BCUT2D eigenvalue weighted by molar-refractivity contribution is 6.30. The summed E-state index contributed by atoms with van der Waals surface area (Å²) in [5, 5.41) is 1.25. The molecule has 134 valence electrons. The van der Waals surface area contributed by atoms with Gasteiger partial charge in [0.1, 0.15) is 11.3 Å². The van der Waals surface area contributed by atoms with Crippen LogP contribution < -0.4 is 10.4 Å². The number of aryl methyl sites for hydroxylation is 1. The Bertz CT molecular complexity index is 1190. The number of carbonyl (C=O) groups is 1. The molecule has 0 atom stereocenters. The minimum absolute atomic E-state index is 0.105. The average molecular weight is 381 g/mol. The van der Waals surface area contributed by atoms with E-state index in [-0.39, 0.29) is 5.76 Å². The number of esters is 1. The molecule has 0 N–H and O–H groups in total. The predicted molar refractivity (Wildman–Crippen MR) is 101 cm³/mol. The van der Waals surface area contributed by atoms with E-state index in [1.165, 1.54) is 12.3 Å². The van der Waals surface area contributed by atoms with Crippen molar-refractivity contribution in [3.63, 3.8) is 0 Å². The van der Waals surface area contributed by atoms with Crippen molar-refractivity contribution in [1.29, 1.82) is 0 Å². The third-order valence-electron chi connectivity index (χ3n) is 4.20. The number of carbonyl (C=O) groups excluding carboxylic acids is 1. The number of halogens is 1. The number of hydrogen-bond acceptors (Lipinski definition) is 5. The van der Waals surface area contributed by atoms with Gasteiger partial charge in [0.25, 0.3) is 0 Å². The van der Waals surface area contributed by atoms with E-state index in [0.29, 0.717) is 32.9 Å². The van der Waals surface area contributed by atoms with Crippen molar-refractivity contribution in [2.24, 2.45) is 0 Å². The summed E-state index contributed by atoms with van der Waals surface area (Å²) in [6.07, 6.45) is 1.40. The SMILES string of the molecule is Cc1c(-c2ccc(Cl)cc2)c(=O)oc2ccc(OC(=O)c3ccco3)cc12. The van der Waals surface area contributed by atoms with Gasteiger partial charge in [0, 0.05) is 10.4 Å². The maximum Gasteiger partial charge on any atom is 0.379 e. The van der Waals surface area contributed by atoms with Gasteiger partial charge in [0.15, 0.2) is 0 Å². The van der Waals surface area contributed by atoms with Crippen LogP contribution >= 0.6 is 11.6 Å². The molecule has 0 amide bonds. The first-order valence-corrected chi connectivity index (χ1v) is 8.50. The molecule has 0 spiro atoms. The first-order chi connectivity index (χ1) is 13.0. The lowest BCUT2D eigenvalue weighted by atomic mass is 9.99. The first kappa shape index (κ1) is 17.1.